The van der Waals surface area contributed by atoms with Crippen molar-refractivity contribution in [3.8, 4) is 5.69 Å². The zero-order valence-corrected chi connectivity index (χ0v) is 20.7. The van der Waals surface area contributed by atoms with Crippen molar-refractivity contribution in [3.63, 3.8) is 0 Å². The molecule has 182 valence electrons. The maximum atomic E-state index is 13.4. The fourth-order valence-corrected chi connectivity index (χ4v) is 6.80. The number of nitrogens with zero attached hydrogens (tertiary/aromatic N) is 2. The van der Waals surface area contributed by atoms with E-state index >= 15 is 0 Å². The predicted octanol–water partition coefficient (Wildman–Crippen LogP) is 6.62. The van der Waals surface area contributed by atoms with Crippen LogP contribution < -0.4 is 5.32 Å². The van der Waals surface area contributed by atoms with E-state index in [1.807, 2.05) is 10.9 Å². The molecule has 0 radical (unpaired) electrons. The van der Waals surface area contributed by atoms with Crippen LogP contribution in [0.2, 0.25) is 0 Å². The number of amides is 1. The van der Waals surface area contributed by atoms with Gasteiger partial charge in [-0.3, -0.25) is 4.79 Å². The van der Waals surface area contributed by atoms with Crippen molar-refractivity contribution in [2.24, 2.45) is 17.3 Å². The summed E-state index contributed by atoms with van der Waals surface area (Å²) in [6.45, 7) is 4.63. The summed E-state index contributed by atoms with van der Waals surface area (Å²) in [5.41, 5.74) is 4.91. The van der Waals surface area contributed by atoms with E-state index in [0.29, 0.717) is 18.3 Å². The lowest BCUT2D eigenvalue weighted by molar-refractivity contribution is -0.122. The number of nitrogens with one attached hydrogen (secondary N) is 1. The number of rotatable bonds is 8. The van der Waals surface area contributed by atoms with E-state index in [0.717, 1.165) is 43.5 Å². The number of benzene rings is 1. The van der Waals surface area contributed by atoms with Gasteiger partial charge >= 0.3 is 0 Å². The fourth-order valence-electron chi connectivity index (χ4n) is 6.80. The van der Waals surface area contributed by atoms with Crippen molar-refractivity contribution in [2.45, 2.75) is 90.5 Å². The molecule has 5 rings (SSSR count). The van der Waals surface area contributed by atoms with Gasteiger partial charge in [0.05, 0.1) is 17.6 Å². The third kappa shape index (κ3) is 4.58. The lowest BCUT2D eigenvalue weighted by Crippen LogP contribution is -2.39. The lowest BCUT2D eigenvalue weighted by Gasteiger charge is -2.37. The van der Waals surface area contributed by atoms with E-state index in [1.54, 1.807) is 12.1 Å². The van der Waals surface area contributed by atoms with Gasteiger partial charge < -0.3 is 5.32 Å². The molecular weight excluding hydrogens is 425 g/mol. The largest absolute Gasteiger partial charge is 0.353 e. The molecule has 0 saturated heterocycles. The van der Waals surface area contributed by atoms with Crippen LogP contribution in [-0.2, 0) is 11.2 Å². The summed E-state index contributed by atoms with van der Waals surface area (Å²) in [7, 11) is 0. The molecule has 0 aliphatic heterocycles. The van der Waals surface area contributed by atoms with Crippen molar-refractivity contribution < 1.29 is 9.18 Å². The first kappa shape index (κ1) is 23.3. The van der Waals surface area contributed by atoms with Gasteiger partial charge in [-0.15, -0.1) is 0 Å². The molecule has 1 N–H and O–H groups in total. The van der Waals surface area contributed by atoms with Crippen LogP contribution >= 0.6 is 0 Å². The molecule has 2 saturated carbocycles. The zero-order valence-electron chi connectivity index (χ0n) is 20.7. The maximum absolute atomic E-state index is 13.4. The molecule has 34 heavy (non-hydrogen) atoms. The summed E-state index contributed by atoms with van der Waals surface area (Å²) >= 11 is 0. The van der Waals surface area contributed by atoms with Crippen molar-refractivity contribution in [1.29, 1.82) is 0 Å². The van der Waals surface area contributed by atoms with Gasteiger partial charge in [0.25, 0.3) is 0 Å². The van der Waals surface area contributed by atoms with Crippen LogP contribution in [0.25, 0.3) is 11.8 Å². The number of aromatic nitrogens is 2. The van der Waals surface area contributed by atoms with Crippen molar-refractivity contribution in [2.75, 3.05) is 0 Å². The van der Waals surface area contributed by atoms with Gasteiger partial charge in [0.1, 0.15) is 5.82 Å². The molecule has 3 atom stereocenters. The van der Waals surface area contributed by atoms with E-state index in [2.05, 4.69) is 30.3 Å². The lowest BCUT2D eigenvalue weighted by atomic mass is 9.68. The van der Waals surface area contributed by atoms with Crippen molar-refractivity contribution in [1.82, 2.24) is 15.1 Å². The second-order valence-corrected chi connectivity index (χ2v) is 11.1. The highest BCUT2D eigenvalue weighted by molar-refractivity contribution is 5.76. The van der Waals surface area contributed by atoms with Gasteiger partial charge in [0.2, 0.25) is 5.91 Å². The van der Waals surface area contributed by atoms with Crippen LogP contribution in [0, 0.1) is 23.1 Å². The second-order valence-electron chi connectivity index (χ2n) is 11.1. The van der Waals surface area contributed by atoms with E-state index in [4.69, 9.17) is 0 Å². The Morgan fingerprint density at radius 3 is 2.74 bits per heavy atom. The van der Waals surface area contributed by atoms with Crippen molar-refractivity contribution >= 4 is 12.0 Å². The Morgan fingerprint density at radius 1 is 1.24 bits per heavy atom. The summed E-state index contributed by atoms with van der Waals surface area (Å²) in [5, 5.41) is 8.08. The first-order valence-electron chi connectivity index (χ1n) is 13.3. The summed E-state index contributed by atoms with van der Waals surface area (Å²) in [6.07, 6.45) is 16.5. The highest BCUT2D eigenvalue weighted by Gasteiger charge is 2.46. The van der Waals surface area contributed by atoms with E-state index in [9.17, 15) is 9.18 Å². The van der Waals surface area contributed by atoms with E-state index < -0.39 is 0 Å². The third-order valence-electron chi connectivity index (χ3n) is 8.74. The number of carbonyl (C=O) groups is 1. The molecule has 2 aromatic rings. The highest BCUT2D eigenvalue weighted by Crippen LogP contribution is 2.54. The molecule has 1 aromatic carbocycles. The van der Waals surface area contributed by atoms with Crippen LogP contribution in [0.5, 0.6) is 0 Å². The van der Waals surface area contributed by atoms with Crippen LogP contribution in [0.1, 0.15) is 89.3 Å². The second kappa shape index (κ2) is 9.67. The molecule has 1 heterocycles. The summed E-state index contributed by atoms with van der Waals surface area (Å²) in [6, 6.07) is 6.82. The van der Waals surface area contributed by atoms with Crippen LogP contribution in [0.15, 0.2) is 36.0 Å². The van der Waals surface area contributed by atoms with Gasteiger partial charge in [-0.25, -0.2) is 9.07 Å². The Hall–Kier alpha value is -2.43. The van der Waals surface area contributed by atoms with Crippen LogP contribution in [-0.4, -0.2) is 21.7 Å². The average molecular weight is 464 g/mol. The minimum atomic E-state index is -0.230. The molecular formula is C29H38FN3O. The molecule has 0 bridgehead atoms. The Balaban J connectivity index is 1.30. The number of hydrogen-bond acceptors (Lipinski definition) is 2. The SMILES string of the molecule is CCCC(C[C@H]1CCC2=Cc3c(cnn3-c3ccc(F)cc3)C[C@@]21C)NC(=O)CC1CCCC1. The fraction of sp³-hybridized carbons (Fsp3) is 0.586. The summed E-state index contributed by atoms with van der Waals surface area (Å²) < 4.78 is 15.4. The number of allylic oxidation sites excluding steroid dienone is 1. The topological polar surface area (TPSA) is 46.9 Å². The first-order chi connectivity index (χ1) is 16.5. The number of carbonyl (C=O) groups excluding carboxylic acids is 1. The van der Waals surface area contributed by atoms with Crippen LogP contribution in [0.4, 0.5) is 4.39 Å². The van der Waals surface area contributed by atoms with E-state index in [-0.39, 0.29) is 23.2 Å². The predicted molar refractivity (Wildman–Crippen MR) is 134 cm³/mol. The highest BCUT2D eigenvalue weighted by atomic mass is 19.1. The maximum Gasteiger partial charge on any atom is 0.220 e. The molecule has 5 heteroatoms. The van der Waals surface area contributed by atoms with Gasteiger partial charge in [0.15, 0.2) is 0 Å². The van der Waals surface area contributed by atoms with Gasteiger partial charge in [0, 0.05) is 12.5 Å². The Bertz CT molecular complexity index is 1050. The normalized spacial score (nSPS) is 25.0. The van der Waals surface area contributed by atoms with Gasteiger partial charge in [-0.05, 0) is 98.1 Å². The average Bonchev–Trinajstić information content (AvgIpc) is 3.53. The van der Waals surface area contributed by atoms with Gasteiger partial charge in [-0.2, -0.15) is 5.10 Å². The molecule has 1 aromatic heterocycles. The molecule has 3 aliphatic carbocycles. The summed E-state index contributed by atoms with van der Waals surface area (Å²) in [4.78, 5) is 12.8. The molecule has 4 nitrogen and oxygen atoms in total. The third-order valence-corrected chi connectivity index (χ3v) is 8.74. The quantitative estimate of drug-likeness (QED) is 0.478. The standard InChI is InChI=1S/C29H38FN3O/c1-3-6-25(32-28(34)15-20-7-4-5-8-20)16-22-9-10-23-17-27-21(18-29(22,23)2)19-31-33(27)26-13-11-24(30)12-14-26/h11-14,17,19-20,22,25H,3-10,15-16,18H2,1-2H3,(H,32,34)/t22-,25?,29-/m1/s1. The Morgan fingerprint density at radius 2 is 2.00 bits per heavy atom. The number of halogens is 1. The first-order valence-corrected chi connectivity index (χ1v) is 13.3. The molecule has 1 unspecified atom stereocenters. The molecule has 1 amide bonds. The summed E-state index contributed by atoms with van der Waals surface area (Å²) in [5.74, 6) is 1.18. The number of fused-ring (bicyclic) bond motifs is 2. The molecule has 3 aliphatic rings. The Labute approximate surface area is 203 Å². The zero-order chi connectivity index (χ0) is 23.7. The monoisotopic (exact) mass is 463 g/mol. The Kier molecular flexibility index (Phi) is 6.63. The molecule has 0 spiro atoms. The van der Waals surface area contributed by atoms with E-state index in [1.165, 1.54) is 55.4 Å². The minimum Gasteiger partial charge on any atom is -0.353 e. The number of hydrogen-bond donors (Lipinski definition) is 1. The molecule has 2 fully saturated rings. The van der Waals surface area contributed by atoms with Gasteiger partial charge in [-0.1, -0.05) is 38.7 Å². The van der Waals surface area contributed by atoms with Crippen molar-refractivity contribution in [3.05, 3.63) is 53.1 Å². The smallest absolute Gasteiger partial charge is 0.220 e. The van der Waals surface area contributed by atoms with Crippen LogP contribution in [0.3, 0.4) is 0 Å². The minimum absolute atomic E-state index is 0.117.